The predicted molar refractivity (Wildman–Crippen MR) is 72.4 cm³/mol. The van der Waals surface area contributed by atoms with Crippen LogP contribution in [0.2, 0.25) is 0 Å². The zero-order valence-corrected chi connectivity index (χ0v) is 11.7. The van der Waals surface area contributed by atoms with E-state index in [1.165, 1.54) is 17.8 Å². The predicted octanol–water partition coefficient (Wildman–Crippen LogP) is 1.18. The monoisotopic (exact) mass is 268 g/mol. The van der Waals surface area contributed by atoms with Crippen molar-refractivity contribution >= 4 is 16.5 Å². The molecule has 2 heterocycles. The Hall–Kier alpha value is -0.720. The van der Waals surface area contributed by atoms with E-state index in [0.717, 1.165) is 50.4 Å². The summed E-state index contributed by atoms with van der Waals surface area (Å²) in [6, 6.07) is 0. The van der Waals surface area contributed by atoms with E-state index in [0.29, 0.717) is 0 Å². The van der Waals surface area contributed by atoms with Crippen molar-refractivity contribution in [3.8, 4) is 0 Å². The van der Waals surface area contributed by atoms with E-state index in [2.05, 4.69) is 20.0 Å². The third-order valence-electron chi connectivity index (χ3n) is 3.61. The van der Waals surface area contributed by atoms with Crippen molar-refractivity contribution in [2.24, 2.45) is 0 Å². The molecule has 1 aromatic rings. The Morgan fingerprint density at radius 3 is 2.67 bits per heavy atom. The molecule has 2 fully saturated rings. The van der Waals surface area contributed by atoms with Crippen LogP contribution >= 0.6 is 11.3 Å². The Bertz CT molecular complexity index is 385. The molecule has 0 spiro atoms. The molecule has 0 N–H and O–H groups in total. The summed E-state index contributed by atoms with van der Waals surface area (Å²) in [5.41, 5.74) is 0. The molecule has 1 aliphatic heterocycles. The summed E-state index contributed by atoms with van der Waals surface area (Å²) in [7, 11) is 1.76. The highest BCUT2D eigenvalue weighted by Crippen LogP contribution is 2.42. The molecule has 1 saturated heterocycles. The number of nitrogens with zero attached hydrogens (tertiary/aromatic N) is 4. The molecule has 5 nitrogen and oxygen atoms in total. The first kappa shape index (κ1) is 12.3. The standard InChI is InChI=1S/C12H20N4OS/c1-17-9-8-15-4-6-16(7-5-15)12-14-13-11(18-12)10-2-3-10/h10H,2-9H2,1H3. The molecule has 3 rings (SSSR count). The molecule has 0 unspecified atom stereocenters. The van der Waals surface area contributed by atoms with Crippen LogP contribution in [-0.2, 0) is 4.74 Å². The van der Waals surface area contributed by atoms with Crippen molar-refractivity contribution in [2.45, 2.75) is 18.8 Å². The fourth-order valence-electron chi connectivity index (χ4n) is 2.23. The molecule has 1 saturated carbocycles. The molecule has 18 heavy (non-hydrogen) atoms. The average Bonchev–Trinajstić information content (AvgIpc) is 3.15. The Labute approximate surface area is 112 Å². The summed E-state index contributed by atoms with van der Waals surface area (Å²) < 4.78 is 5.12. The van der Waals surface area contributed by atoms with Crippen LogP contribution in [0.5, 0.6) is 0 Å². The molecule has 1 aliphatic carbocycles. The zero-order valence-electron chi connectivity index (χ0n) is 10.8. The fraction of sp³-hybridized carbons (Fsp3) is 0.833. The number of piperazine rings is 1. The van der Waals surface area contributed by atoms with Gasteiger partial charge in [-0.2, -0.15) is 0 Å². The largest absolute Gasteiger partial charge is 0.383 e. The van der Waals surface area contributed by atoms with Crippen LogP contribution < -0.4 is 4.90 Å². The highest BCUT2D eigenvalue weighted by molar-refractivity contribution is 7.15. The first-order valence-corrected chi connectivity index (χ1v) is 7.48. The van der Waals surface area contributed by atoms with E-state index < -0.39 is 0 Å². The lowest BCUT2D eigenvalue weighted by atomic mass is 10.3. The summed E-state index contributed by atoms with van der Waals surface area (Å²) >= 11 is 1.79. The van der Waals surface area contributed by atoms with Crippen LogP contribution in [0, 0.1) is 0 Å². The van der Waals surface area contributed by atoms with Gasteiger partial charge in [-0.25, -0.2) is 0 Å². The van der Waals surface area contributed by atoms with Crippen LogP contribution in [0.3, 0.4) is 0 Å². The van der Waals surface area contributed by atoms with Gasteiger partial charge >= 0.3 is 0 Å². The van der Waals surface area contributed by atoms with Crippen molar-refractivity contribution in [3.63, 3.8) is 0 Å². The molecule has 0 atom stereocenters. The second-order valence-corrected chi connectivity index (χ2v) is 6.01. The molecule has 0 aromatic carbocycles. The van der Waals surface area contributed by atoms with Gasteiger partial charge in [0.25, 0.3) is 0 Å². The summed E-state index contributed by atoms with van der Waals surface area (Å²) in [4.78, 5) is 4.82. The number of ether oxygens (including phenoxy) is 1. The lowest BCUT2D eigenvalue weighted by Crippen LogP contribution is -2.47. The van der Waals surface area contributed by atoms with Gasteiger partial charge in [0.15, 0.2) is 0 Å². The molecule has 2 aliphatic rings. The van der Waals surface area contributed by atoms with Gasteiger partial charge in [0, 0.05) is 45.8 Å². The lowest BCUT2D eigenvalue weighted by molar-refractivity contribution is 0.144. The van der Waals surface area contributed by atoms with Gasteiger partial charge in [0.1, 0.15) is 5.01 Å². The Balaban J connectivity index is 1.51. The van der Waals surface area contributed by atoms with Crippen LogP contribution in [0.4, 0.5) is 5.13 Å². The summed E-state index contributed by atoms with van der Waals surface area (Å²) in [5.74, 6) is 0.722. The van der Waals surface area contributed by atoms with Crippen LogP contribution in [0.1, 0.15) is 23.8 Å². The van der Waals surface area contributed by atoms with E-state index in [1.807, 2.05) is 0 Å². The van der Waals surface area contributed by atoms with E-state index in [1.54, 1.807) is 18.4 Å². The van der Waals surface area contributed by atoms with Gasteiger partial charge in [0.2, 0.25) is 5.13 Å². The van der Waals surface area contributed by atoms with Crippen LogP contribution in [0.15, 0.2) is 0 Å². The molecule has 6 heteroatoms. The minimum atomic E-state index is 0.722. The molecule has 0 bridgehead atoms. The fourth-order valence-corrected chi connectivity index (χ4v) is 3.30. The number of hydrogen-bond donors (Lipinski definition) is 0. The van der Waals surface area contributed by atoms with Crippen molar-refractivity contribution < 1.29 is 4.74 Å². The van der Waals surface area contributed by atoms with Gasteiger partial charge in [0.05, 0.1) is 6.61 Å². The van der Waals surface area contributed by atoms with Crippen LogP contribution in [0.25, 0.3) is 0 Å². The number of methoxy groups -OCH3 is 1. The highest BCUT2D eigenvalue weighted by Gasteiger charge is 2.29. The van der Waals surface area contributed by atoms with Crippen LogP contribution in [-0.4, -0.2) is 61.5 Å². The zero-order chi connectivity index (χ0) is 12.4. The van der Waals surface area contributed by atoms with E-state index in [9.17, 15) is 0 Å². The minimum absolute atomic E-state index is 0.722. The van der Waals surface area contributed by atoms with Crippen molar-refractivity contribution in [1.82, 2.24) is 15.1 Å². The first-order chi connectivity index (χ1) is 8.86. The third-order valence-corrected chi connectivity index (χ3v) is 4.76. The third kappa shape index (κ3) is 2.81. The van der Waals surface area contributed by atoms with Gasteiger partial charge < -0.3 is 9.64 Å². The van der Waals surface area contributed by atoms with Crippen molar-refractivity contribution in [2.75, 3.05) is 51.3 Å². The Morgan fingerprint density at radius 2 is 2.00 bits per heavy atom. The number of aromatic nitrogens is 2. The first-order valence-electron chi connectivity index (χ1n) is 6.66. The summed E-state index contributed by atoms with van der Waals surface area (Å²) in [6.07, 6.45) is 2.61. The maximum absolute atomic E-state index is 5.12. The van der Waals surface area contributed by atoms with E-state index in [4.69, 9.17) is 4.74 Å². The minimum Gasteiger partial charge on any atom is -0.383 e. The summed E-state index contributed by atoms with van der Waals surface area (Å²) in [5, 5.41) is 11.0. The van der Waals surface area contributed by atoms with Crippen molar-refractivity contribution in [3.05, 3.63) is 5.01 Å². The second kappa shape index (κ2) is 5.50. The molecule has 0 radical (unpaired) electrons. The average molecular weight is 268 g/mol. The number of hydrogen-bond acceptors (Lipinski definition) is 6. The molecular formula is C12H20N4OS. The van der Waals surface area contributed by atoms with E-state index >= 15 is 0 Å². The Morgan fingerprint density at radius 1 is 1.22 bits per heavy atom. The molecule has 0 amide bonds. The Kier molecular flexibility index (Phi) is 3.77. The number of anilines is 1. The lowest BCUT2D eigenvalue weighted by Gasteiger charge is -2.34. The van der Waals surface area contributed by atoms with Gasteiger partial charge in [-0.3, -0.25) is 4.90 Å². The summed E-state index contributed by atoms with van der Waals surface area (Å²) in [6.45, 7) is 6.17. The highest BCUT2D eigenvalue weighted by atomic mass is 32.1. The normalized spacial score (nSPS) is 21.5. The maximum Gasteiger partial charge on any atom is 0.208 e. The second-order valence-electron chi connectivity index (χ2n) is 5.02. The maximum atomic E-state index is 5.12. The van der Waals surface area contributed by atoms with Gasteiger partial charge in [-0.05, 0) is 12.8 Å². The number of rotatable bonds is 5. The van der Waals surface area contributed by atoms with E-state index in [-0.39, 0.29) is 0 Å². The van der Waals surface area contributed by atoms with Crippen molar-refractivity contribution in [1.29, 1.82) is 0 Å². The molecule has 100 valence electrons. The smallest absolute Gasteiger partial charge is 0.208 e. The van der Waals surface area contributed by atoms with Gasteiger partial charge in [-0.1, -0.05) is 11.3 Å². The molecule has 1 aromatic heterocycles. The topological polar surface area (TPSA) is 41.5 Å². The SMILES string of the molecule is COCCN1CCN(c2nnc(C3CC3)s2)CC1. The molecular weight excluding hydrogens is 248 g/mol. The van der Waals surface area contributed by atoms with Gasteiger partial charge in [-0.15, -0.1) is 10.2 Å². The quantitative estimate of drug-likeness (QED) is 0.802.